The van der Waals surface area contributed by atoms with Crippen LogP contribution < -0.4 is 10.2 Å². The highest BCUT2D eigenvalue weighted by atomic mass is 16.7. The van der Waals surface area contributed by atoms with Gasteiger partial charge in [-0.15, -0.1) is 0 Å². The number of methoxy groups -OCH3 is 1. The topological polar surface area (TPSA) is 54.0 Å². The number of carbonyl (C=O) groups excluding carboxylic acids is 1. The van der Waals surface area contributed by atoms with Gasteiger partial charge in [-0.05, 0) is 42.7 Å². The number of carbonyl (C=O) groups is 1. The van der Waals surface area contributed by atoms with Crippen molar-refractivity contribution >= 4 is 11.6 Å². The summed E-state index contributed by atoms with van der Waals surface area (Å²) in [5.41, 5.74) is 3.06. The zero-order valence-electron chi connectivity index (χ0n) is 18.9. The molecular weight excluding hydrogens is 390 g/mol. The Kier molecular flexibility index (Phi) is 8.88. The maximum Gasteiger partial charge on any atom is 0.251 e. The van der Waals surface area contributed by atoms with E-state index in [1.54, 1.807) is 7.11 Å². The molecule has 0 unspecified atom stereocenters. The van der Waals surface area contributed by atoms with Crippen LogP contribution in [0.25, 0.3) is 0 Å². The largest absolute Gasteiger partial charge is 0.366 e. The van der Waals surface area contributed by atoms with Gasteiger partial charge in [-0.3, -0.25) is 9.69 Å². The molecule has 0 radical (unpaired) electrons. The third kappa shape index (κ3) is 6.53. The van der Waals surface area contributed by atoms with Crippen LogP contribution in [-0.2, 0) is 9.47 Å². The summed E-state index contributed by atoms with van der Waals surface area (Å²) in [6, 6.07) is 18.7. The third-order valence-electron chi connectivity index (χ3n) is 5.81. The van der Waals surface area contributed by atoms with Crippen molar-refractivity contribution in [2.24, 2.45) is 0 Å². The van der Waals surface area contributed by atoms with Gasteiger partial charge in [0.05, 0.1) is 12.1 Å². The molecule has 1 fully saturated rings. The predicted octanol–water partition coefficient (Wildman–Crippen LogP) is 3.70. The number of nitrogens with one attached hydrogen (secondary N) is 1. The molecule has 1 aliphatic heterocycles. The van der Waals surface area contributed by atoms with Crippen molar-refractivity contribution < 1.29 is 14.3 Å². The molecule has 1 N–H and O–H groups in total. The van der Waals surface area contributed by atoms with Crippen LogP contribution in [0.3, 0.4) is 0 Å². The van der Waals surface area contributed by atoms with Crippen LogP contribution in [0.4, 0.5) is 5.69 Å². The number of nitrogens with zero attached hydrogens (tertiary/aromatic N) is 2. The summed E-state index contributed by atoms with van der Waals surface area (Å²) in [7, 11) is 3.78. The number of anilines is 1. The highest BCUT2D eigenvalue weighted by Gasteiger charge is 2.27. The lowest BCUT2D eigenvalue weighted by Gasteiger charge is -2.33. The Balaban J connectivity index is 1.71. The molecule has 1 aliphatic rings. The second-order valence-electron chi connectivity index (χ2n) is 8.08. The van der Waals surface area contributed by atoms with E-state index >= 15 is 0 Å². The summed E-state index contributed by atoms with van der Waals surface area (Å²) in [6.07, 6.45) is 2.18. The molecule has 1 heterocycles. The van der Waals surface area contributed by atoms with Crippen molar-refractivity contribution in [2.75, 3.05) is 52.0 Å². The van der Waals surface area contributed by atoms with Crippen LogP contribution in [0.2, 0.25) is 0 Å². The maximum absolute atomic E-state index is 12.2. The first-order valence-electron chi connectivity index (χ1n) is 11.1. The first-order chi connectivity index (χ1) is 15.1. The second kappa shape index (κ2) is 11.8. The van der Waals surface area contributed by atoms with Crippen molar-refractivity contribution in [1.29, 1.82) is 0 Å². The lowest BCUT2D eigenvalue weighted by Crippen LogP contribution is -2.36. The summed E-state index contributed by atoms with van der Waals surface area (Å²) >= 11 is 0. The van der Waals surface area contributed by atoms with E-state index in [4.69, 9.17) is 9.47 Å². The van der Waals surface area contributed by atoms with Gasteiger partial charge in [-0.1, -0.05) is 37.3 Å². The fourth-order valence-electron chi connectivity index (χ4n) is 4.00. The first-order valence-corrected chi connectivity index (χ1v) is 11.1. The van der Waals surface area contributed by atoms with Gasteiger partial charge in [-0.2, -0.15) is 0 Å². The molecule has 6 nitrogen and oxygen atoms in total. The molecule has 2 aromatic rings. The van der Waals surface area contributed by atoms with E-state index in [1.807, 2.05) is 31.2 Å². The molecule has 0 aliphatic carbocycles. The molecule has 1 saturated heterocycles. The van der Waals surface area contributed by atoms with E-state index in [9.17, 15) is 4.79 Å². The van der Waals surface area contributed by atoms with Gasteiger partial charge in [0, 0.05) is 51.6 Å². The number of hydrogen-bond donors (Lipinski definition) is 1. The lowest BCUT2D eigenvalue weighted by molar-refractivity contribution is -0.0671. The summed E-state index contributed by atoms with van der Waals surface area (Å²) in [5.74, 6) is -0.0187. The number of benzene rings is 2. The fraction of sp³-hybridized carbons (Fsp3) is 0.480. The second-order valence-corrected chi connectivity index (χ2v) is 8.08. The minimum absolute atomic E-state index is 0.0187. The quantitative estimate of drug-likeness (QED) is 0.557. The van der Waals surface area contributed by atoms with E-state index < -0.39 is 0 Å². The van der Waals surface area contributed by atoms with E-state index in [0.29, 0.717) is 18.9 Å². The number of likely N-dealkylation sites (N-methyl/N-ethyl adjacent to an activating group) is 1. The molecule has 2 atom stereocenters. The number of rotatable bonds is 11. The van der Waals surface area contributed by atoms with Crippen molar-refractivity contribution in [1.82, 2.24) is 10.2 Å². The molecule has 0 aromatic heterocycles. The minimum atomic E-state index is -0.0187. The van der Waals surface area contributed by atoms with E-state index in [1.165, 1.54) is 5.56 Å². The smallest absolute Gasteiger partial charge is 0.251 e. The standard InChI is InChI=1S/C25H35N3O3/c1-4-15-26-25(29)21-10-12-22(13-11-21)27(2)24(20-8-6-5-7-9-20)18-28-16-14-23(17-28)31-19-30-3/h5-13,23-24H,4,14-19H2,1-3H3,(H,26,29)/t23-,24-/m0/s1. The van der Waals surface area contributed by atoms with Gasteiger partial charge >= 0.3 is 0 Å². The van der Waals surface area contributed by atoms with Crippen LogP contribution in [0, 0.1) is 0 Å². The van der Waals surface area contributed by atoms with E-state index in [-0.39, 0.29) is 18.1 Å². The van der Waals surface area contributed by atoms with Gasteiger partial charge < -0.3 is 19.7 Å². The zero-order valence-corrected chi connectivity index (χ0v) is 18.9. The molecule has 6 heteroatoms. The van der Waals surface area contributed by atoms with Crippen LogP contribution in [0.15, 0.2) is 54.6 Å². The number of ether oxygens (including phenoxy) is 2. The molecule has 0 bridgehead atoms. The first kappa shape index (κ1) is 23.3. The van der Waals surface area contributed by atoms with Crippen molar-refractivity contribution in [3.63, 3.8) is 0 Å². The van der Waals surface area contributed by atoms with Crippen LogP contribution in [0.5, 0.6) is 0 Å². The Bertz CT molecular complexity index is 797. The molecular formula is C25H35N3O3. The van der Waals surface area contributed by atoms with Crippen molar-refractivity contribution in [3.05, 3.63) is 65.7 Å². The van der Waals surface area contributed by atoms with Crippen molar-refractivity contribution in [3.8, 4) is 0 Å². The van der Waals surface area contributed by atoms with Gasteiger partial charge in [0.25, 0.3) is 5.91 Å². The van der Waals surface area contributed by atoms with Crippen LogP contribution in [-0.4, -0.2) is 64.0 Å². The summed E-state index contributed by atoms with van der Waals surface area (Å²) in [4.78, 5) is 17.0. The Hall–Kier alpha value is -2.41. The van der Waals surface area contributed by atoms with Crippen molar-refractivity contribution in [2.45, 2.75) is 31.9 Å². The Labute approximate surface area is 186 Å². The van der Waals surface area contributed by atoms with Crippen LogP contribution in [0.1, 0.15) is 41.7 Å². The Morgan fingerprint density at radius 2 is 1.94 bits per heavy atom. The molecule has 3 rings (SSSR count). The fourth-order valence-corrected chi connectivity index (χ4v) is 4.00. The summed E-state index contributed by atoms with van der Waals surface area (Å²) in [6.45, 7) is 5.93. The lowest BCUT2D eigenvalue weighted by atomic mass is 10.0. The number of likely N-dealkylation sites (tertiary alicyclic amines) is 1. The molecule has 0 saturated carbocycles. The van der Waals surface area contributed by atoms with Gasteiger partial charge in [-0.25, -0.2) is 0 Å². The third-order valence-corrected chi connectivity index (χ3v) is 5.81. The van der Waals surface area contributed by atoms with Gasteiger partial charge in [0.15, 0.2) is 0 Å². The molecule has 31 heavy (non-hydrogen) atoms. The highest BCUT2D eigenvalue weighted by Crippen LogP contribution is 2.28. The molecule has 2 aromatic carbocycles. The van der Waals surface area contributed by atoms with E-state index in [0.717, 1.165) is 38.2 Å². The predicted molar refractivity (Wildman–Crippen MR) is 124 cm³/mol. The maximum atomic E-state index is 12.2. The van der Waals surface area contributed by atoms with E-state index in [2.05, 4.69) is 52.5 Å². The molecule has 0 spiro atoms. The normalized spacial score (nSPS) is 17.5. The zero-order chi connectivity index (χ0) is 22.1. The summed E-state index contributed by atoms with van der Waals surface area (Å²) < 4.78 is 10.8. The van der Waals surface area contributed by atoms with Crippen LogP contribution >= 0.6 is 0 Å². The highest BCUT2D eigenvalue weighted by molar-refractivity contribution is 5.94. The molecule has 168 valence electrons. The minimum Gasteiger partial charge on any atom is -0.366 e. The molecule has 1 amide bonds. The Morgan fingerprint density at radius 1 is 1.19 bits per heavy atom. The summed E-state index contributed by atoms with van der Waals surface area (Å²) in [5, 5.41) is 2.93. The number of amides is 1. The SMILES string of the molecule is CCCNC(=O)c1ccc(N(C)[C@@H](CN2CC[C@H](OCOC)C2)c2ccccc2)cc1. The average molecular weight is 426 g/mol. The monoisotopic (exact) mass is 425 g/mol. The number of hydrogen-bond acceptors (Lipinski definition) is 5. The Morgan fingerprint density at radius 3 is 2.61 bits per heavy atom. The van der Waals surface area contributed by atoms with Gasteiger partial charge in [0.1, 0.15) is 6.79 Å². The average Bonchev–Trinajstić information content (AvgIpc) is 3.27. The van der Waals surface area contributed by atoms with Gasteiger partial charge in [0.2, 0.25) is 0 Å².